The van der Waals surface area contributed by atoms with Gasteiger partial charge >= 0.3 is 12.1 Å². The summed E-state index contributed by atoms with van der Waals surface area (Å²) in [5.41, 5.74) is 0.851. The van der Waals surface area contributed by atoms with Gasteiger partial charge in [0.2, 0.25) is 0 Å². The van der Waals surface area contributed by atoms with Crippen LogP contribution in [0.4, 0.5) is 4.79 Å². The number of hydrogen-bond donors (Lipinski definition) is 2. The van der Waals surface area contributed by atoms with Crippen LogP contribution in [0.25, 0.3) is 0 Å². The number of carboxylic acid groups (broad SMARTS) is 1. The Balaban J connectivity index is 2.37. The second-order valence-corrected chi connectivity index (χ2v) is 4.13. The number of ether oxygens (including phenoxy) is 1. The first-order chi connectivity index (χ1) is 8.13. The van der Waals surface area contributed by atoms with Crippen molar-refractivity contribution in [3.8, 4) is 0 Å². The Morgan fingerprint density at radius 2 is 2.00 bits per heavy atom. The second kappa shape index (κ2) is 7.10. The molecular formula is C11H12INO4. The molecule has 1 aromatic rings. The molecule has 92 valence electrons. The van der Waals surface area contributed by atoms with Crippen molar-refractivity contribution >= 4 is 34.7 Å². The predicted molar refractivity (Wildman–Crippen MR) is 70.1 cm³/mol. The van der Waals surface area contributed by atoms with Crippen LogP contribution in [0.3, 0.4) is 0 Å². The Hall–Kier alpha value is -1.31. The zero-order valence-electron chi connectivity index (χ0n) is 8.93. The average Bonchev–Trinajstić information content (AvgIpc) is 2.34. The number of benzene rings is 1. The molecule has 1 atom stereocenters. The highest BCUT2D eigenvalue weighted by atomic mass is 127. The van der Waals surface area contributed by atoms with E-state index in [1.54, 1.807) is 0 Å². The van der Waals surface area contributed by atoms with Crippen LogP contribution in [0.15, 0.2) is 30.3 Å². The van der Waals surface area contributed by atoms with Crippen molar-refractivity contribution in [3.63, 3.8) is 0 Å². The predicted octanol–water partition coefficient (Wildman–Crippen LogP) is 1.80. The summed E-state index contributed by atoms with van der Waals surface area (Å²) in [6.45, 7) is 0.125. The lowest BCUT2D eigenvalue weighted by molar-refractivity contribution is -0.138. The molecule has 1 amide bonds. The van der Waals surface area contributed by atoms with Crippen LogP contribution >= 0.6 is 22.6 Å². The van der Waals surface area contributed by atoms with E-state index < -0.39 is 18.1 Å². The van der Waals surface area contributed by atoms with Crippen LogP contribution in [0.2, 0.25) is 0 Å². The van der Waals surface area contributed by atoms with Crippen molar-refractivity contribution in [1.29, 1.82) is 0 Å². The summed E-state index contributed by atoms with van der Waals surface area (Å²) in [6, 6.07) is 8.25. The van der Waals surface area contributed by atoms with E-state index in [4.69, 9.17) is 9.84 Å². The van der Waals surface area contributed by atoms with Crippen LogP contribution in [0.5, 0.6) is 0 Å². The van der Waals surface area contributed by atoms with Crippen molar-refractivity contribution in [3.05, 3.63) is 35.9 Å². The molecule has 5 nitrogen and oxygen atoms in total. The van der Waals surface area contributed by atoms with E-state index in [1.807, 2.05) is 52.9 Å². The number of carbonyl (C=O) groups excluding carboxylic acids is 1. The van der Waals surface area contributed by atoms with Gasteiger partial charge in [0.25, 0.3) is 0 Å². The fourth-order valence-electron chi connectivity index (χ4n) is 1.07. The summed E-state index contributed by atoms with van der Waals surface area (Å²) in [5.74, 6) is -1.07. The van der Waals surface area contributed by atoms with E-state index in [-0.39, 0.29) is 11.0 Å². The fourth-order valence-corrected chi connectivity index (χ4v) is 1.67. The molecule has 0 saturated carbocycles. The van der Waals surface area contributed by atoms with Gasteiger partial charge in [0.1, 0.15) is 12.6 Å². The van der Waals surface area contributed by atoms with Gasteiger partial charge in [0, 0.05) is 4.43 Å². The van der Waals surface area contributed by atoms with Gasteiger partial charge in [-0.25, -0.2) is 9.59 Å². The lowest BCUT2D eigenvalue weighted by Crippen LogP contribution is -2.42. The van der Waals surface area contributed by atoms with Gasteiger partial charge in [-0.2, -0.15) is 0 Å². The molecule has 0 aliphatic heterocycles. The standard InChI is InChI=1S/C11H12INO4/c12-6-9(10(14)15)13-11(16)17-7-8-4-2-1-3-5-8/h1-5,9H,6-7H2,(H,13,16)(H,14,15)/t9-/m1/s1. The number of carboxylic acids is 1. The van der Waals surface area contributed by atoms with Crippen LogP contribution in [-0.4, -0.2) is 27.6 Å². The molecule has 0 spiro atoms. The minimum atomic E-state index is -1.07. The van der Waals surface area contributed by atoms with Crippen molar-refractivity contribution in [2.45, 2.75) is 12.6 Å². The van der Waals surface area contributed by atoms with Gasteiger partial charge in [-0.1, -0.05) is 52.9 Å². The van der Waals surface area contributed by atoms with E-state index in [9.17, 15) is 9.59 Å². The number of carbonyl (C=O) groups is 2. The van der Waals surface area contributed by atoms with Gasteiger partial charge in [0.15, 0.2) is 0 Å². The first-order valence-electron chi connectivity index (χ1n) is 4.89. The molecule has 0 aliphatic carbocycles. The largest absolute Gasteiger partial charge is 0.480 e. The quantitative estimate of drug-likeness (QED) is 0.628. The molecule has 1 rings (SSSR count). The molecule has 6 heteroatoms. The van der Waals surface area contributed by atoms with E-state index in [0.717, 1.165) is 5.56 Å². The molecule has 0 saturated heterocycles. The molecule has 1 aromatic carbocycles. The second-order valence-electron chi connectivity index (χ2n) is 3.25. The van der Waals surface area contributed by atoms with Crippen LogP contribution in [-0.2, 0) is 16.1 Å². The molecule has 0 bridgehead atoms. The van der Waals surface area contributed by atoms with Crippen molar-refractivity contribution < 1.29 is 19.4 Å². The van der Waals surface area contributed by atoms with Crippen molar-refractivity contribution in [1.82, 2.24) is 5.32 Å². The van der Waals surface area contributed by atoms with E-state index in [2.05, 4.69) is 5.32 Å². The van der Waals surface area contributed by atoms with Gasteiger partial charge in [-0.15, -0.1) is 0 Å². The van der Waals surface area contributed by atoms with E-state index in [0.29, 0.717) is 0 Å². The number of nitrogens with one attached hydrogen (secondary N) is 1. The molecule has 0 heterocycles. The normalized spacial score (nSPS) is 11.6. The Kier molecular flexibility index (Phi) is 5.75. The highest BCUT2D eigenvalue weighted by molar-refractivity contribution is 14.1. The summed E-state index contributed by atoms with van der Waals surface area (Å²) in [7, 11) is 0. The smallest absolute Gasteiger partial charge is 0.408 e. The minimum absolute atomic E-state index is 0.125. The van der Waals surface area contributed by atoms with Crippen LogP contribution in [0, 0.1) is 0 Å². The minimum Gasteiger partial charge on any atom is -0.480 e. The molecule has 0 fully saturated rings. The number of amides is 1. The summed E-state index contributed by atoms with van der Waals surface area (Å²) >= 11 is 1.89. The third-order valence-electron chi connectivity index (χ3n) is 1.96. The third-order valence-corrected chi connectivity index (χ3v) is 2.84. The van der Waals surface area contributed by atoms with Gasteiger partial charge in [-0.05, 0) is 5.56 Å². The lowest BCUT2D eigenvalue weighted by atomic mass is 10.2. The fraction of sp³-hybridized carbons (Fsp3) is 0.273. The monoisotopic (exact) mass is 349 g/mol. The summed E-state index contributed by atoms with van der Waals surface area (Å²) in [4.78, 5) is 22.0. The van der Waals surface area contributed by atoms with Crippen LogP contribution in [0.1, 0.15) is 5.56 Å². The van der Waals surface area contributed by atoms with Gasteiger partial charge in [-0.3, -0.25) is 0 Å². The maximum absolute atomic E-state index is 11.3. The summed E-state index contributed by atoms with van der Waals surface area (Å²) in [6.07, 6.45) is -0.724. The highest BCUT2D eigenvalue weighted by Gasteiger charge is 2.18. The topological polar surface area (TPSA) is 75.6 Å². The summed E-state index contributed by atoms with van der Waals surface area (Å²) < 4.78 is 5.18. The molecule has 17 heavy (non-hydrogen) atoms. The van der Waals surface area contributed by atoms with E-state index in [1.165, 1.54) is 0 Å². The maximum Gasteiger partial charge on any atom is 0.408 e. The molecule has 0 aromatic heterocycles. The Bertz CT molecular complexity index is 382. The maximum atomic E-state index is 11.3. The van der Waals surface area contributed by atoms with Crippen molar-refractivity contribution in [2.24, 2.45) is 0 Å². The zero-order valence-corrected chi connectivity index (χ0v) is 11.1. The van der Waals surface area contributed by atoms with Crippen molar-refractivity contribution in [2.75, 3.05) is 4.43 Å². The Morgan fingerprint density at radius 3 is 2.53 bits per heavy atom. The Labute approximate surface area is 112 Å². The van der Waals surface area contributed by atoms with E-state index >= 15 is 0 Å². The van der Waals surface area contributed by atoms with Gasteiger partial charge < -0.3 is 15.2 Å². The average molecular weight is 349 g/mol. The Morgan fingerprint density at radius 1 is 1.35 bits per heavy atom. The molecular weight excluding hydrogens is 337 g/mol. The number of rotatable bonds is 5. The molecule has 2 N–H and O–H groups in total. The first-order valence-corrected chi connectivity index (χ1v) is 6.42. The number of aliphatic carboxylic acids is 1. The van der Waals surface area contributed by atoms with Gasteiger partial charge in [0.05, 0.1) is 0 Å². The first kappa shape index (κ1) is 13.8. The lowest BCUT2D eigenvalue weighted by Gasteiger charge is -2.11. The zero-order chi connectivity index (χ0) is 12.7. The number of alkyl halides is 1. The highest BCUT2D eigenvalue weighted by Crippen LogP contribution is 2.01. The van der Waals surface area contributed by atoms with Crippen LogP contribution < -0.4 is 5.32 Å². The molecule has 0 unspecified atom stereocenters. The SMILES string of the molecule is O=C(N[C@H](CI)C(=O)O)OCc1ccccc1. The molecule has 0 aliphatic rings. The number of halogens is 1. The molecule has 0 radical (unpaired) electrons. The summed E-state index contributed by atoms with van der Waals surface area (Å²) in [5, 5.41) is 11.0. The number of alkyl carbamates (subject to hydrolysis) is 1. The number of hydrogen-bond acceptors (Lipinski definition) is 3. The third kappa shape index (κ3) is 5.03.